The Morgan fingerprint density at radius 2 is 1.08 bits per heavy atom. The summed E-state index contributed by atoms with van der Waals surface area (Å²) in [5.74, 6) is 0. The van der Waals surface area contributed by atoms with Crippen LogP contribution in [0.2, 0.25) is 0 Å². The normalized spacial score (nSPS) is 10.5. The third-order valence-electron chi connectivity index (χ3n) is 5.02. The first-order valence-corrected chi connectivity index (χ1v) is 10.5. The summed E-state index contributed by atoms with van der Waals surface area (Å²) in [6.45, 7) is 2.29. The van der Waals surface area contributed by atoms with E-state index < -0.39 is 0 Å². The van der Waals surface area contributed by atoms with E-state index in [1.165, 1.54) is 101 Å². The molecule has 0 spiro atoms. The van der Waals surface area contributed by atoms with E-state index in [2.05, 4.69) is 50.2 Å². The quantitative estimate of drug-likeness (QED) is 0.286. The van der Waals surface area contributed by atoms with Gasteiger partial charge in [-0.05, 0) is 24.5 Å². The molecular formula is C23H42ClN. The molecule has 0 aliphatic carbocycles. The lowest BCUT2D eigenvalue weighted by molar-refractivity contribution is 0.539. The molecule has 0 atom stereocenters. The SMILES string of the molecule is CCCCCCCCCCCCCCCc1ccccc1N(C)C.Cl. The van der Waals surface area contributed by atoms with Crippen LogP contribution in [0.4, 0.5) is 5.69 Å². The Labute approximate surface area is 164 Å². The number of benzene rings is 1. The molecule has 0 N–H and O–H groups in total. The van der Waals surface area contributed by atoms with Gasteiger partial charge < -0.3 is 4.90 Å². The average molecular weight is 368 g/mol. The molecule has 1 nitrogen and oxygen atoms in total. The van der Waals surface area contributed by atoms with E-state index in [4.69, 9.17) is 0 Å². The number of nitrogens with zero attached hydrogens (tertiary/aromatic N) is 1. The molecule has 1 aromatic rings. The molecule has 0 saturated heterocycles. The van der Waals surface area contributed by atoms with Gasteiger partial charge in [-0.3, -0.25) is 0 Å². The van der Waals surface area contributed by atoms with E-state index in [-0.39, 0.29) is 12.4 Å². The van der Waals surface area contributed by atoms with E-state index in [1.54, 1.807) is 0 Å². The van der Waals surface area contributed by atoms with Crippen LogP contribution < -0.4 is 4.90 Å². The van der Waals surface area contributed by atoms with Gasteiger partial charge >= 0.3 is 0 Å². The Morgan fingerprint density at radius 1 is 0.640 bits per heavy atom. The summed E-state index contributed by atoms with van der Waals surface area (Å²) in [4.78, 5) is 2.23. The Balaban J connectivity index is 0.00000576. The van der Waals surface area contributed by atoms with Gasteiger partial charge in [-0.25, -0.2) is 0 Å². The Morgan fingerprint density at radius 3 is 1.56 bits per heavy atom. The molecule has 0 amide bonds. The minimum Gasteiger partial charge on any atom is -0.377 e. The fourth-order valence-corrected chi connectivity index (χ4v) is 3.49. The second-order valence-corrected chi connectivity index (χ2v) is 7.52. The number of hydrogen-bond acceptors (Lipinski definition) is 1. The van der Waals surface area contributed by atoms with Crippen LogP contribution >= 0.6 is 12.4 Å². The molecule has 2 heteroatoms. The van der Waals surface area contributed by atoms with Gasteiger partial charge in [-0.1, -0.05) is 102 Å². The Hall–Kier alpha value is -0.690. The number of rotatable bonds is 15. The fourth-order valence-electron chi connectivity index (χ4n) is 3.49. The fraction of sp³-hybridized carbons (Fsp3) is 0.739. The van der Waals surface area contributed by atoms with E-state index in [0.717, 1.165) is 0 Å². The van der Waals surface area contributed by atoms with Crippen LogP contribution in [0.25, 0.3) is 0 Å². The molecule has 0 unspecified atom stereocenters. The Bertz CT molecular complexity index is 403. The zero-order chi connectivity index (χ0) is 17.5. The van der Waals surface area contributed by atoms with Gasteiger partial charge in [-0.2, -0.15) is 0 Å². The van der Waals surface area contributed by atoms with Gasteiger partial charge in [0.2, 0.25) is 0 Å². The second kappa shape index (κ2) is 16.8. The summed E-state index contributed by atoms with van der Waals surface area (Å²) in [6.07, 6.45) is 19.8. The average Bonchev–Trinajstić information content (AvgIpc) is 2.59. The first-order valence-electron chi connectivity index (χ1n) is 10.5. The van der Waals surface area contributed by atoms with E-state index in [9.17, 15) is 0 Å². The van der Waals surface area contributed by atoms with Gasteiger partial charge in [0.05, 0.1) is 0 Å². The highest BCUT2D eigenvalue weighted by molar-refractivity contribution is 5.85. The van der Waals surface area contributed by atoms with E-state index in [1.807, 2.05) is 0 Å². The molecule has 0 radical (unpaired) electrons. The molecule has 0 fully saturated rings. The summed E-state index contributed by atoms with van der Waals surface area (Å²) < 4.78 is 0. The highest BCUT2D eigenvalue weighted by atomic mass is 35.5. The van der Waals surface area contributed by atoms with E-state index >= 15 is 0 Å². The molecule has 0 heterocycles. The summed E-state index contributed by atoms with van der Waals surface area (Å²) in [5, 5.41) is 0. The zero-order valence-corrected chi connectivity index (χ0v) is 17.9. The zero-order valence-electron chi connectivity index (χ0n) is 17.1. The molecule has 25 heavy (non-hydrogen) atoms. The van der Waals surface area contributed by atoms with Gasteiger partial charge in [0, 0.05) is 19.8 Å². The predicted octanol–water partition coefficient (Wildman–Crippen LogP) is 7.81. The number of hydrogen-bond donors (Lipinski definition) is 0. The molecular weight excluding hydrogens is 326 g/mol. The minimum atomic E-state index is 0. The van der Waals surface area contributed by atoms with Crippen LogP contribution in [0, 0.1) is 0 Å². The van der Waals surface area contributed by atoms with Crippen LogP contribution in [-0.2, 0) is 6.42 Å². The Kier molecular flexibility index (Phi) is 16.3. The van der Waals surface area contributed by atoms with Crippen molar-refractivity contribution in [1.82, 2.24) is 0 Å². The summed E-state index contributed by atoms with van der Waals surface area (Å²) >= 11 is 0. The van der Waals surface area contributed by atoms with Crippen molar-refractivity contribution in [3.05, 3.63) is 29.8 Å². The lowest BCUT2D eigenvalue weighted by Gasteiger charge is -2.17. The van der Waals surface area contributed by atoms with Crippen molar-refractivity contribution in [2.45, 2.75) is 96.8 Å². The number of halogens is 1. The van der Waals surface area contributed by atoms with Crippen LogP contribution in [0.5, 0.6) is 0 Å². The molecule has 0 aromatic heterocycles. The summed E-state index contributed by atoms with van der Waals surface area (Å²) in [5.41, 5.74) is 2.89. The monoisotopic (exact) mass is 367 g/mol. The molecule has 0 saturated carbocycles. The smallest absolute Gasteiger partial charge is 0.0393 e. The maximum absolute atomic E-state index is 2.29. The van der Waals surface area contributed by atoms with E-state index in [0.29, 0.717) is 0 Å². The van der Waals surface area contributed by atoms with Gasteiger partial charge in [0.25, 0.3) is 0 Å². The maximum Gasteiger partial charge on any atom is 0.0393 e. The van der Waals surface area contributed by atoms with Crippen molar-refractivity contribution in [3.8, 4) is 0 Å². The van der Waals surface area contributed by atoms with Crippen molar-refractivity contribution in [1.29, 1.82) is 0 Å². The number of unbranched alkanes of at least 4 members (excludes halogenated alkanes) is 12. The summed E-state index contributed by atoms with van der Waals surface area (Å²) in [7, 11) is 4.28. The third kappa shape index (κ3) is 12.3. The lowest BCUT2D eigenvalue weighted by atomic mass is 10.0. The third-order valence-corrected chi connectivity index (χ3v) is 5.02. The molecule has 1 rings (SSSR count). The number of para-hydroxylation sites is 1. The van der Waals surface area contributed by atoms with Crippen molar-refractivity contribution in [2.75, 3.05) is 19.0 Å². The molecule has 0 aliphatic rings. The van der Waals surface area contributed by atoms with Crippen molar-refractivity contribution < 1.29 is 0 Å². The summed E-state index contributed by atoms with van der Waals surface area (Å²) in [6, 6.07) is 8.83. The lowest BCUT2D eigenvalue weighted by Crippen LogP contribution is -2.11. The van der Waals surface area contributed by atoms with Crippen LogP contribution in [0.15, 0.2) is 24.3 Å². The number of anilines is 1. The highest BCUT2D eigenvalue weighted by Gasteiger charge is 2.03. The maximum atomic E-state index is 2.29. The van der Waals surface area contributed by atoms with Gasteiger partial charge in [-0.15, -0.1) is 12.4 Å². The van der Waals surface area contributed by atoms with Crippen LogP contribution in [-0.4, -0.2) is 14.1 Å². The molecule has 0 bridgehead atoms. The largest absolute Gasteiger partial charge is 0.377 e. The van der Waals surface area contributed by atoms with Crippen molar-refractivity contribution >= 4 is 18.1 Å². The second-order valence-electron chi connectivity index (χ2n) is 7.52. The molecule has 146 valence electrons. The standard InChI is InChI=1S/C23H41N.ClH/c1-4-5-6-7-8-9-10-11-12-13-14-15-16-19-22-20-17-18-21-23(22)24(2)3;/h17-18,20-21H,4-16,19H2,1-3H3;1H. The van der Waals surface area contributed by atoms with Crippen molar-refractivity contribution in [3.63, 3.8) is 0 Å². The predicted molar refractivity (Wildman–Crippen MR) is 117 cm³/mol. The van der Waals surface area contributed by atoms with Crippen LogP contribution in [0.3, 0.4) is 0 Å². The van der Waals surface area contributed by atoms with Gasteiger partial charge in [0.15, 0.2) is 0 Å². The first-order chi connectivity index (χ1) is 11.8. The van der Waals surface area contributed by atoms with Gasteiger partial charge in [0.1, 0.15) is 0 Å². The first kappa shape index (κ1) is 24.3. The topological polar surface area (TPSA) is 3.24 Å². The minimum absolute atomic E-state index is 0. The molecule has 0 aliphatic heterocycles. The van der Waals surface area contributed by atoms with Crippen molar-refractivity contribution in [2.24, 2.45) is 0 Å². The van der Waals surface area contributed by atoms with Crippen LogP contribution in [0.1, 0.15) is 96.0 Å². The molecule has 1 aromatic carbocycles. The number of aryl methyl sites for hydroxylation is 1. The highest BCUT2D eigenvalue weighted by Crippen LogP contribution is 2.20.